The van der Waals surface area contributed by atoms with Gasteiger partial charge >= 0.3 is 0 Å². The van der Waals surface area contributed by atoms with Crippen LogP contribution in [0.4, 0.5) is 0 Å². The molecule has 0 fully saturated rings. The van der Waals surface area contributed by atoms with Gasteiger partial charge in [-0.2, -0.15) is 0 Å². The van der Waals surface area contributed by atoms with Crippen molar-refractivity contribution < 1.29 is 18.8 Å². The first-order valence-corrected chi connectivity index (χ1v) is 9.87. The number of para-hydroxylation sites is 1. The van der Waals surface area contributed by atoms with Crippen molar-refractivity contribution in [3.8, 4) is 11.5 Å². The summed E-state index contributed by atoms with van der Waals surface area (Å²) in [4.78, 5) is 13.0. The van der Waals surface area contributed by atoms with Crippen LogP contribution in [0.5, 0.6) is 11.5 Å². The molecule has 0 saturated carbocycles. The molecule has 134 valence electrons. The van der Waals surface area contributed by atoms with Gasteiger partial charge in [-0.3, -0.25) is 4.79 Å². The molecule has 0 saturated heterocycles. The second-order valence-electron chi connectivity index (χ2n) is 5.93. The van der Waals surface area contributed by atoms with E-state index < -0.39 is 7.80 Å². The van der Waals surface area contributed by atoms with E-state index in [-0.39, 0.29) is 5.52 Å². The van der Waals surface area contributed by atoms with Crippen LogP contribution in [0, 0.1) is 20.8 Å². The van der Waals surface area contributed by atoms with E-state index in [1.54, 1.807) is 18.2 Å². The molecule has 0 spiro atoms. The molecule has 0 bridgehead atoms. The van der Waals surface area contributed by atoms with Crippen molar-refractivity contribution in [2.75, 3.05) is 13.2 Å². The first-order chi connectivity index (χ1) is 11.9. The predicted octanol–water partition coefficient (Wildman–Crippen LogP) is 4.43. The number of hydrogen-bond acceptors (Lipinski definition) is 4. The molecule has 0 aliphatic rings. The first-order valence-electron chi connectivity index (χ1n) is 8.46. The summed E-state index contributed by atoms with van der Waals surface area (Å²) < 4.78 is 24.3. The molecular formula is C20H25O4P. The molecule has 2 rings (SSSR count). The normalized spacial score (nSPS) is 11.9. The van der Waals surface area contributed by atoms with Gasteiger partial charge in [-0.05, 0) is 57.9 Å². The summed E-state index contributed by atoms with van der Waals surface area (Å²) in [7, 11) is -2.74. The molecule has 5 heteroatoms. The largest absolute Gasteiger partial charge is 0.490 e. The van der Waals surface area contributed by atoms with E-state index in [9.17, 15) is 9.36 Å². The molecule has 0 aliphatic carbocycles. The molecule has 0 aromatic heterocycles. The van der Waals surface area contributed by atoms with E-state index in [2.05, 4.69) is 0 Å². The van der Waals surface area contributed by atoms with Gasteiger partial charge in [0.25, 0.3) is 0 Å². The fourth-order valence-electron chi connectivity index (χ4n) is 3.03. The van der Waals surface area contributed by atoms with Crippen molar-refractivity contribution in [3.63, 3.8) is 0 Å². The molecular weight excluding hydrogens is 335 g/mol. The van der Waals surface area contributed by atoms with Gasteiger partial charge in [0, 0.05) is 5.56 Å². The van der Waals surface area contributed by atoms with Crippen molar-refractivity contribution in [1.82, 2.24) is 0 Å². The van der Waals surface area contributed by atoms with Crippen molar-refractivity contribution in [2.24, 2.45) is 0 Å². The van der Waals surface area contributed by atoms with E-state index >= 15 is 0 Å². The lowest BCUT2D eigenvalue weighted by Gasteiger charge is -2.16. The molecule has 0 radical (unpaired) electrons. The highest BCUT2D eigenvalue weighted by atomic mass is 31.1. The predicted molar refractivity (Wildman–Crippen MR) is 102 cm³/mol. The Kier molecular flexibility index (Phi) is 6.44. The molecule has 1 atom stereocenters. The Morgan fingerprint density at radius 2 is 1.60 bits per heavy atom. The minimum absolute atomic E-state index is 0.338. The molecule has 4 nitrogen and oxygen atoms in total. The summed E-state index contributed by atoms with van der Waals surface area (Å²) in [6.45, 7) is 10.3. The Labute approximate surface area is 150 Å². The molecule has 0 aliphatic heterocycles. The smallest absolute Gasteiger partial charge is 0.223 e. The molecule has 0 amide bonds. The van der Waals surface area contributed by atoms with Crippen LogP contribution in [-0.2, 0) is 4.57 Å². The van der Waals surface area contributed by atoms with E-state index in [1.807, 2.05) is 46.8 Å². The summed E-state index contributed by atoms with van der Waals surface area (Å²) >= 11 is 0. The molecule has 2 aromatic rings. The third-order valence-electron chi connectivity index (χ3n) is 3.92. The van der Waals surface area contributed by atoms with Crippen LogP contribution in [0.3, 0.4) is 0 Å². The second kappa shape index (κ2) is 8.35. The maximum absolute atomic E-state index is 13.1. The third-order valence-corrected chi connectivity index (χ3v) is 5.47. The van der Waals surface area contributed by atoms with Crippen LogP contribution in [0.1, 0.15) is 40.9 Å². The number of benzene rings is 2. The second-order valence-corrected chi connectivity index (χ2v) is 7.58. The van der Waals surface area contributed by atoms with Crippen LogP contribution in [-0.4, -0.2) is 18.7 Å². The van der Waals surface area contributed by atoms with Gasteiger partial charge in [-0.1, -0.05) is 23.8 Å². The SMILES string of the molecule is CCOc1cccc([PH](=O)C(=O)c2c(C)cc(C)cc2C)c1OCC. The van der Waals surface area contributed by atoms with E-state index in [0.717, 1.165) is 16.7 Å². The highest BCUT2D eigenvalue weighted by molar-refractivity contribution is 7.71. The highest BCUT2D eigenvalue weighted by Crippen LogP contribution is 2.37. The average Bonchev–Trinajstić information content (AvgIpc) is 2.55. The average molecular weight is 360 g/mol. The maximum atomic E-state index is 13.1. The number of rotatable bonds is 7. The number of carbonyl (C=O) groups excluding carboxylic acids is 1. The zero-order valence-corrected chi connectivity index (χ0v) is 16.4. The van der Waals surface area contributed by atoms with Crippen LogP contribution in [0.2, 0.25) is 0 Å². The zero-order chi connectivity index (χ0) is 18.6. The van der Waals surface area contributed by atoms with Crippen molar-refractivity contribution in [3.05, 3.63) is 52.6 Å². The van der Waals surface area contributed by atoms with Gasteiger partial charge < -0.3 is 14.0 Å². The Bertz CT molecular complexity index is 788. The van der Waals surface area contributed by atoms with Crippen molar-refractivity contribution in [1.29, 1.82) is 0 Å². The summed E-state index contributed by atoms with van der Waals surface area (Å²) in [5.74, 6) is 0.928. The lowest BCUT2D eigenvalue weighted by atomic mass is 10.0. The van der Waals surface area contributed by atoms with Crippen molar-refractivity contribution in [2.45, 2.75) is 34.6 Å². The van der Waals surface area contributed by atoms with Crippen molar-refractivity contribution >= 4 is 18.6 Å². The Hall–Kier alpha value is -2.06. The molecule has 1 unspecified atom stereocenters. The third kappa shape index (κ3) is 4.13. The lowest BCUT2D eigenvalue weighted by molar-refractivity contribution is 0.107. The lowest BCUT2D eigenvalue weighted by Crippen LogP contribution is -2.12. The standard InChI is InChI=1S/C20H25O4P/c1-6-23-16-9-8-10-17(19(16)24-7-2)25(22)20(21)18-14(4)11-13(3)12-15(18)5/h8-12,25H,6-7H2,1-5H3. The topological polar surface area (TPSA) is 52.6 Å². The van der Waals surface area contributed by atoms with E-state index in [0.29, 0.717) is 35.6 Å². The Morgan fingerprint density at radius 3 is 2.16 bits per heavy atom. The fourth-order valence-corrected chi connectivity index (χ4v) is 4.55. The summed E-state index contributed by atoms with van der Waals surface area (Å²) in [6, 6.07) is 9.07. The monoisotopic (exact) mass is 360 g/mol. The van der Waals surface area contributed by atoms with Gasteiger partial charge in [0.2, 0.25) is 5.52 Å². The summed E-state index contributed by atoms with van der Waals surface area (Å²) in [5, 5.41) is 0.419. The van der Waals surface area contributed by atoms with Gasteiger partial charge in [-0.15, -0.1) is 0 Å². The van der Waals surface area contributed by atoms with Gasteiger partial charge in [0.05, 0.1) is 18.5 Å². The van der Waals surface area contributed by atoms with E-state index in [4.69, 9.17) is 9.47 Å². The number of ether oxygens (including phenoxy) is 2. The Morgan fingerprint density at radius 1 is 1.00 bits per heavy atom. The molecule has 2 aromatic carbocycles. The van der Waals surface area contributed by atoms with Gasteiger partial charge in [0.1, 0.15) is 0 Å². The van der Waals surface area contributed by atoms with Crippen LogP contribution in [0.25, 0.3) is 0 Å². The van der Waals surface area contributed by atoms with Crippen LogP contribution in [0.15, 0.2) is 30.3 Å². The minimum atomic E-state index is -2.74. The molecule has 0 N–H and O–H groups in total. The van der Waals surface area contributed by atoms with Crippen LogP contribution < -0.4 is 14.8 Å². The quantitative estimate of drug-likeness (QED) is 0.685. The first kappa shape index (κ1) is 19.3. The van der Waals surface area contributed by atoms with Gasteiger partial charge in [-0.25, -0.2) is 0 Å². The molecule has 0 heterocycles. The zero-order valence-electron chi connectivity index (χ0n) is 15.4. The number of carbonyl (C=O) groups is 1. The molecule has 25 heavy (non-hydrogen) atoms. The maximum Gasteiger partial charge on any atom is 0.223 e. The summed E-state index contributed by atoms with van der Waals surface area (Å²) in [6.07, 6.45) is 0. The van der Waals surface area contributed by atoms with Gasteiger partial charge in [0.15, 0.2) is 19.3 Å². The van der Waals surface area contributed by atoms with Crippen LogP contribution >= 0.6 is 7.80 Å². The van der Waals surface area contributed by atoms with E-state index in [1.165, 1.54) is 0 Å². The fraction of sp³-hybridized carbons (Fsp3) is 0.350. The number of hydrogen-bond donors (Lipinski definition) is 0. The number of aryl methyl sites for hydroxylation is 3. The minimum Gasteiger partial charge on any atom is -0.490 e. The Balaban J connectivity index is 2.51. The highest BCUT2D eigenvalue weighted by Gasteiger charge is 2.25. The summed E-state index contributed by atoms with van der Waals surface area (Å²) in [5.41, 5.74) is 2.98.